The molecule has 0 radical (unpaired) electrons. The van der Waals surface area contributed by atoms with Crippen LogP contribution in [-0.4, -0.2) is 37.2 Å². The molecule has 1 atom stereocenters. The van der Waals surface area contributed by atoms with Gasteiger partial charge in [0.25, 0.3) is 0 Å². The topological polar surface area (TPSA) is 58.5 Å². The lowest BCUT2D eigenvalue weighted by Crippen LogP contribution is -2.43. The molecule has 5 nitrogen and oxygen atoms in total. The van der Waals surface area contributed by atoms with E-state index in [0.717, 1.165) is 25.3 Å². The molecule has 1 aromatic carbocycles. The largest absolute Gasteiger partial charge is 0.489 e. The number of aromatic nitrogens is 1. The van der Waals surface area contributed by atoms with Crippen molar-refractivity contribution in [3.63, 3.8) is 0 Å². The van der Waals surface area contributed by atoms with Crippen molar-refractivity contribution >= 4 is 29.9 Å². The third kappa shape index (κ3) is 8.11. The second-order valence-electron chi connectivity index (χ2n) is 6.04. The molecule has 0 bridgehead atoms. The van der Waals surface area contributed by atoms with Crippen LogP contribution >= 0.6 is 24.0 Å². The van der Waals surface area contributed by atoms with E-state index in [0.29, 0.717) is 12.3 Å². The fourth-order valence-corrected chi connectivity index (χ4v) is 2.53. The van der Waals surface area contributed by atoms with E-state index in [4.69, 9.17) is 4.74 Å². The molecule has 0 saturated carbocycles. The molecule has 0 aliphatic carbocycles. The first-order chi connectivity index (χ1) is 12.6. The number of benzene rings is 1. The van der Waals surface area contributed by atoms with Gasteiger partial charge in [-0.25, -0.2) is 4.39 Å². The second-order valence-corrected chi connectivity index (χ2v) is 6.04. The minimum Gasteiger partial charge on any atom is -0.489 e. The molecule has 0 aliphatic rings. The van der Waals surface area contributed by atoms with Gasteiger partial charge in [-0.15, -0.1) is 24.0 Å². The molecular weight excluding hydrogens is 458 g/mol. The molecule has 7 heteroatoms. The van der Waals surface area contributed by atoms with Crippen molar-refractivity contribution in [3.8, 4) is 5.75 Å². The molecule has 1 unspecified atom stereocenters. The number of guanidine groups is 1. The average Bonchev–Trinajstić information content (AvgIpc) is 2.64. The number of rotatable bonds is 8. The quantitative estimate of drug-likeness (QED) is 0.340. The predicted molar refractivity (Wildman–Crippen MR) is 119 cm³/mol. The van der Waals surface area contributed by atoms with Crippen LogP contribution in [0.1, 0.15) is 24.5 Å². The Labute approximate surface area is 177 Å². The van der Waals surface area contributed by atoms with E-state index in [1.807, 2.05) is 25.4 Å². The Kier molecular flexibility index (Phi) is 10.7. The molecule has 2 aromatic rings. The first kappa shape index (κ1) is 23.1. The number of halogens is 2. The summed E-state index contributed by atoms with van der Waals surface area (Å²) in [5.74, 6) is 0.960. The summed E-state index contributed by atoms with van der Waals surface area (Å²) in [7, 11) is 1.74. The molecule has 1 aromatic heterocycles. The number of pyridine rings is 1. The van der Waals surface area contributed by atoms with E-state index in [1.165, 1.54) is 23.3 Å². The number of aliphatic imine (C=N–C) groups is 1. The van der Waals surface area contributed by atoms with Crippen molar-refractivity contribution in [2.24, 2.45) is 4.99 Å². The van der Waals surface area contributed by atoms with Crippen LogP contribution in [0.2, 0.25) is 0 Å². The molecule has 148 valence electrons. The summed E-state index contributed by atoms with van der Waals surface area (Å²) in [6.07, 6.45) is 5.31. The molecule has 0 spiro atoms. The van der Waals surface area contributed by atoms with Gasteiger partial charge >= 0.3 is 0 Å². The van der Waals surface area contributed by atoms with E-state index in [1.54, 1.807) is 19.2 Å². The van der Waals surface area contributed by atoms with E-state index in [2.05, 4.69) is 27.5 Å². The van der Waals surface area contributed by atoms with Crippen molar-refractivity contribution in [2.75, 3.05) is 20.1 Å². The van der Waals surface area contributed by atoms with E-state index < -0.39 is 0 Å². The van der Waals surface area contributed by atoms with Gasteiger partial charge in [-0.05, 0) is 49.1 Å². The minimum absolute atomic E-state index is 0. The Balaban J connectivity index is 0.00000364. The first-order valence-electron chi connectivity index (χ1n) is 8.88. The summed E-state index contributed by atoms with van der Waals surface area (Å²) in [5.41, 5.74) is 2.45. The third-order valence-electron chi connectivity index (χ3n) is 4.10. The van der Waals surface area contributed by atoms with E-state index in [9.17, 15) is 4.39 Å². The summed E-state index contributed by atoms with van der Waals surface area (Å²) in [6, 6.07) is 8.24. The lowest BCUT2D eigenvalue weighted by Gasteiger charge is -2.20. The standard InChI is InChI=1S/C20H27FN4O.HI/c1-4-18(26-19-7-5-6-17(21)12-19)14-25-20(22-3)24-11-9-16-8-10-23-13-15(16)2;/h5-8,10,12-13,18H,4,9,11,14H2,1-3H3,(H2,22,24,25);1H. The van der Waals surface area contributed by atoms with Crippen LogP contribution in [0.4, 0.5) is 4.39 Å². The molecular formula is C20H28FIN4O. The van der Waals surface area contributed by atoms with Crippen LogP contribution in [0.3, 0.4) is 0 Å². The average molecular weight is 486 g/mol. The van der Waals surface area contributed by atoms with Gasteiger partial charge in [0.1, 0.15) is 17.7 Å². The Morgan fingerprint density at radius 3 is 2.78 bits per heavy atom. The molecule has 2 rings (SSSR count). The van der Waals surface area contributed by atoms with Crippen molar-refractivity contribution in [1.82, 2.24) is 15.6 Å². The highest BCUT2D eigenvalue weighted by molar-refractivity contribution is 14.0. The maximum atomic E-state index is 13.3. The molecule has 0 saturated heterocycles. The Hall–Kier alpha value is -1.90. The maximum Gasteiger partial charge on any atom is 0.191 e. The fourth-order valence-electron chi connectivity index (χ4n) is 2.53. The van der Waals surface area contributed by atoms with Gasteiger partial charge in [0.15, 0.2) is 5.96 Å². The number of nitrogens with one attached hydrogen (secondary N) is 2. The van der Waals surface area contributed by atoms with Gasteiger partial charge in [-0.2, -0.15) is 0 Å². The van der Waals surface area contributed by atoms with Gasteiger partial charge in [-0.3, -0.25) is 9.98 Å². The highest BCUT2D eigenvalue weighted by Crippen LogP contribution is 2.14. The normalized spacial score (nSPS) is 12.1. The van der Waals surface area contributed by atoms with Crippen LogP contribution in [0.5, 0.6) is 5.75 Å². The summed E-state index contributed by atoms with van der Waals surface area (Å²) in [4.78, 5) is 8.34. The van der Waals surface area contributed by atoms with Crippen LogP contribution in [0.25, 0.3) is 0 Å². The molecule has 2 N–H and O–H groups in total. The fraction of sp³-hybridized carbons (Fsp3) is 0.400. The first-order valence-corrected chi connectivity index (χ1v) is 8.88. The SMILES string of the molecule is CCC(CNC(=NC)NCCc1ccncc1C)Oc1cccc(F)c1.I. The van der Waals surface area contributed by atoms with Crippen LogP contribution in [0, 0.1) is 12.7 Å². The Morgan fingerprint density at radius 2 is 2.11 bits per heavy atom. The summed E-state index contributed by atoms with van der Waals surface area (Å²) in [5, 5.41) is 6.56. The molecule has 0 aliphatic heterocycles. The highest BCUT2D eigenvalue weighted by atomic mass is 127. The van der Waals surface area contributed by atoms with Crippen LogP contribution in [0.15, 0.2) is 47.7 Å². The molecule has 0 amide bonds. The predicted octanol–water partition coefficient (Wildman–Crippen LogP) is 3.71. The second kappa shape index (κ2) is 12.5. The Bertz CT molecular complexity index is 727. The van der Waals surface area contributed by atoms with Crippen molar-refractivity contribution in [2.45, 2.75) is 32.8 Å². The lowest BCUT2D eigenvalue weighted by atomic mass is 10.1. The van der Waals surface area contributed by atoms with E-state index >= 15 is 0 Å². The maximum absolute atomic E-state index is 13.3. The zero-order valence-electron chi connectivity index (χ0n) is 16.0. The van der Waals surface area contributed by atoms with Gasteiger partial charge in [0, 0.05) is 32.1 Å². The zero-order chi connectivity index (χ0) is 18.8. The van der Waals surface area contributed by atoms with Crippen LogP contribution < -0.4 is 15.4 Å². The van der Waals surface area contributed by atoms with Crippen LogP contribution in [-0.2, 0) is 6.42 Å². The number of hydrogen-bond acceptors (Lipinski definition) is 3. The van der Waals surface area contributed by atoms with E-state index in [-0.39, 0.29) is 35.9 Å². The zero-order valence-corrected chi connectivity index (χ0v) is 18.4. The highest BCUT2D eigenvalue weighted by Gasteiger charge is 2.10. The molecule has 27 heavy (non-hydrogen) atoms. The van der Waals surface area contributed by atoms with Gasteiger partial charge in [-0.1, -0.05) is 13.0 Å². The number of ether oxygens (including phenoxy) is 1. The molecule has 1 heterocycles. The smallest absolute Gasteiger partial charge is 0.191 e. The Morgan fingerprint density at radius 1 is 1.30 bits per heavy atom. The summed E-state index contributed by atoms with van der Waals surface area (Å²) < 4.78 is 19.1. The van der Waals surface area contributed by atoms with Crippen molar-refractivity contribution in [1.29, 1.82) is 0 Å². The summed E-state index contributed by atoms with van der Waals surface area (Å²) in [6.45, 7) is 5.45. The minimum atomic E-state index is -0.297. The van der Waals surface area contributed by atoms with Gasteiger partial charge < -0.3 is 15.4 Å². The summed E-state index contributed by atoms with van der Waals surface area (Å²) >= 11 is 0. The third-order valence-corrected chi connectivity index (χ3v) is 4.10. The number of nitrogens with zero attached hydrogens (tertiary/aromatic N) is 2. The molecule has 0 fully saturated rings. The monoisotopic (exact) mass is 486 g/mol. The van der Waals surface area contributed by atoms with Gasteiger partial charge in [0.2, 0.25) is 0 Å². The number of aryl methyl sites for hydroxylation is 1. The van der Waals surface area contributed by atoms with Crippen molar-refractivity contribution in [3.05, 3.63) is 59.7 Å². The van der Waals surface area contributed by atoms with Crippen molar-refractivity contribution < 1.29 is 9.13 Å². The lowest BCUT2D eigenvalue weighted by molar-refractivity contribution is 0.199. The van der Waals surface area contributed by atoms with Gasteiger partial charge in [0.05, 0.1) is 6.54 Å². The number of hydrogen-bond donors (Lipinski definition) is 2.